The van der Waals surface area contributed by atoms with Gasteiger partial charge in [-0.05, 0) is 47.5 Å². The topological polar surface area (TPSA) is 35.6 Å². The molecule has 0 saturated carbocycles. The molecular weight excluding hydrogens is 548 g/mol. The molecule has 4 nitrogen and oxygen atoms in total. The summed E-state index contributed by atoms with van der Waals surface area (Å²) in [6.07, 6.45) is 3.67. The summed E-state index contributed by atoms with van der Waals surface area (Å²) in [5, 5.41) is 5.01. The average molecular weight is 595 g/mol. The molecule has 0 saturated heterocycles. The van der Waals surface area contributed by atoms with Crippen LogP contribution in [0.15, 0.2) is 146 Å². The molecule has 8 rings (SSSR count). The van der Waals surface area contributed by atoms with E-state index in [0.29, 0.717) is 0 Å². The molecule has 0 N–H and O–H groups in total. The maximum absolute atomic E-state index is 4.38. The van der Waals surface area contributed by atoms with Crippen LogP contribution in [-0.2, 0) is 14.1 Å². The van der Waals surface area contributed by atoms with Crippen molar-refractivity contribution in [3.05, 3.63) is 146 Å². The molecule has 230 valence electrons. The van der Waals surface area contributed by atoms with E-state index in [1.165, 1.54) is 43.7 Å². The normalized spacial score (nSPS) is 9.82. The zero-order valence-electron chi connectivity index (χ0n) is 26.6. The van der Waals surface area contributed by atoms with Gasteiger partial charge >= 0.3 is 0 Å². The van der Waals surface area contributed by atoms with Gasteiger partial charge in [-0.3, -0.25) is 0 Å². The zero-order chi connectivity index (χ0) is 31.3. The first-order valence-electron chi connectivity index (χ1n) is 15.4. The SMILES string of the molecule is C.CC.CC.Cn1c2ccccc2c2cccnc21.Cn1c2ccccc2c2cccnc21.c1ccc(-c2ccccc2)cc1. The van der Waals surface area contributed by atoms with Crippen molar-refractivity contribution < 1.29 is 0 Å². The smallest absolute Gasteiger partial charge is 0.140 e. The first-order valence-corrected chi connectivity index (χ1v) is 15.4. The van der Waals surface area contributed by atoms with E-state index < -0.39 is 0 Å². The Balaban J connectivity index is 0.000000173. The first kappa shape index (κ1) is 34.3. The van der Waals surface area contributed by atoms with Gasteiger partial charge in [0, 0.05) is 48.0 Å². The Kier molecular flexibility index (Phi) is 13.1. The van der Waals surface area contributed by atoms with Crippen LogP contribution in [0.5, 0.6) is 0 Å². The van der Waals surface area contributed by atoms with Crippen LogP contribution in [0, 0.1) is 0 Å². The lowest BCUT2D eigenvalue weighted by atomic mass is 10.1. The van der Waals surface area contributed by atoms with Gasteiger partial charge in [-0.15, -0.1) is 0 Å². The molecule has 0 aliphatic rings. The fourth-order valence-electron chi connectivity index (χ4n) is 5.23. The minimum atomic E-state index is 0. The minimum absolute atomic E-state index is 0. The van der Waals surface area contributed by atoms with E-state index in [4.69, 9.17) is 0 Å². The number of aromatic nitrogens is 4. The van der Waals surface area contributed by atoms with Gasteiger partial charge in [0.15, 0.2) is 0 Å². The number of benzene rings is 4. The third kappa shape index (κ3) is 7.66. The molecule has 0 radical (unpaired) electrons. The van der Waals surface area contributed by atoms with Crippen molar-refractivity contribution in [1.82, 2.24) is 19.1 Å². The zero-order valence-corrected chi connectivity index (χ0v) is 26.6. The van der Waals surface area contributed by atoms with Crippen molar-refractivity contribution in [3.63, 3.8) is 0 Å². The van der Waals surface area contributed by atoms with Crippen molar-refractivity contribution in [3.8, 4) is 11.1 Å². The number of fused-ring (bicyclic) bond motifs is 6. The van der Waals surface area contributed by atoms with Crippen LogP contribution in [0.2, 0.25) is 0 Å². The quantitative estimate of drug-likeness (QED) is 0.189. The summed E-state index contributed by atoms with van der Waals surface area (Å²) in [5.74, 6) is 0. The van der Waals surface area contributed by atoms with Gasteiger partial charge in [0.05, 0.1) is 11.0 Å². The average Bonchev–Trinajstić information content (AvgIpc) is 3.59. The van der Waals surface area contributed by atoms with E-state index in [1.54, 1.807) is 0 Å². The Morgan fingerprint density at radius 2 is 0.689 bits per heavy atom. The van der Waals surface area contributed by atoms with E-state index in [-0.39, 0.29) is 7.43 Å². The highest BCUT2D eigenvalue weighted by molar-refractivity contribution is 6.07. The standard InChI is InChI=1S/2C12H10N2.C12H10.2C2H6.CH4/c2*1-14-11-7-3-2-5-9(11)10-6-4-8-13-12(10)14;1-3-7-11(8-4-1)12-9-5-2-6-10-12;2*1-2;/h2*2-8H,1H3;1-10H;2*1-2H3;1H4. The van der Waals surface area contributed by atoms with Crippen LogP contribution in [-0.4, -0.2) is 19.1 Å². The summed E-state index contributed by atoms with van der Waals surface area (Å²) < 4.78 is 4.26. The monoisotopic (exact) mass is 594 g/mol. The number of hydrogen-bond acceptors (Lipinski definition) is 2. The molecule has 0 bridgehead atoms. The van der Waals surface area contributed by atoms with Crippen molar-refractivity contribution in [2.45, 2.75) is 35.1 Å². The van der Waals surface area contributed by atoms with Gasteiger partial charge in [0.25, 0.3) is 0 Å². The molecule has 0 atom stereocenters. The van der Waals surface area contributed by atoms with Crippen LogP contribution in [0.25, 0.3) is 55.0 Å². The lowest BCUT2D eigenvalue weighted by Crippen LogP contribution is -1.87. The second-order valence-electron chi connectivity index (χ2n) is 9.63. The largest absolute Gasteiger partial charge is 0.328 e. The Morgan fingerprint density at radius 1 is 0.378 bits per heavy atom. The minimum Gasteiger partial charge on any atom is -0.328 e. The lowest BCUT2D eigenvalue weighted by Gasteiger charge is -1.98. The molecule has 0 fully saturated rings. The maximum Gasteiger partial charge on any atom is 0.140 e. The number of rotatable bonds is 1. The summed E-state index contributed by atoms with van der Waals surface area (Å²) in [4.78, 5) is 8.76. The van der Waals surface area contributed by atoms with Crippen molar-refractivity contribution in [2.75, 3.05) is 0 Å². The summed E-state index contributed by atoms with van der Waals surface area (Å²) >= 11 is 0. The molecular formula is C41H46N4. The van der Waals surface area contributed by atoms with Crippen molar-refractivity contribution in [2.24, 2.45) is 14.1 Å². The molecule has 8 aromatic rings. The second-order valence-corrected chi connectivity index (χ2v) is 9.63. The number of pyridine rings is 2. The highest BCUT2D eigenvalue weighted by atomic mass is 15.0. The van der Waals surface area contributed by atoms with Crippen LogP contribution in [0.4, 0.5) is 0 Å². The van der Waals surface area contributed by atoms with Gasteiger partial charge in [-0.25, -0.2) is 9.97 Å². The predicted molar refractivity (Wildman–Crippen MR) is 198 cm³/mol. The van der Waals surface area contributed by atoms with Crippen LogP contribution >= 0.6 is 0 Å². The summed E-state index contributed by atoms with van der Waals surface area (Å²) in [5.41, 5.74) is 7.13. The number of hydrogen-bond donors (Lipinski definition) is 0. The summed E-state index contributed by atoms with van der Waals surface area (Å²) in [6, 6.07) is 45.7. The number of aryl methyl sites for hydroxylation is 2. The van der Waals surface area contributed by atoms with E-state index in [0.717, 1.165) is 11.3 Å². The Labute approximate surface area is 268 Å². The van der Waals surface area contributed by atoms with Gasteiger partial charge in [0.1, 0.15) is 11.3 Å². The van der Waals surface area contributed by atoms with Crippen LogP contribution in [0.3, 0.4) is 0 Å². The van der Waals surface area contributed by atoms with Crippen molar-refractivity contribution >= 4 is 43.9 Å². The Bertz CT molecular complexity index is 1760. The predicted octanol–water partition coefficient (Wildman–Crippen LogP) is 11.5. The number of nitrogens with zero attached hydrogens (tertiary/aromatic N) is 4. The second kappa shape index (κ2) is 17.2. The molecule has 4 heteroatoms. The lowest BCUT2D eigenvalue weighted by molar-refractivity contribution is 0.990. The summed E-state index contributed by atoms with van der Waals surface area (Å²) in [7, 11) is 4.11. The Morgan fingerprint density at radius 3 is 1.07 bits per heavy atom. The van der Waals surface area contributed by atoms with Crippen molar-refractivity contribution in [1.29, 1.82) is 0 Å². The molecule has 45 heavy (non-hydrogen) atoms. The molecule has 4 aromatic carbocycles. The van der Waals surface area contributed by atoms with Gasteiger partial charge in [0.2, 0.25) is 0 Å². The Hall–Kier alpha value is -5.22. The van der Waals surface area contributed by atoms with Crippen LogP contribution in [0.1, 0.15) is 35.1 Å². The molecule has 4 aromatic heterocycles. The number of para-hydroxylation sites is 2. The van der Waals surface area contributed by atoms with Crippen LogP contribution < -0.4 is 0 Å². The molecule has 4 heterocycles. The third-order valence-corrected chi connectivity index (χ3v) is 7.20. The molecule has 0 aliphatic carbocycles. The van der Waals surface area contributed by atoms with E-state index >= 15 is 0 Å². The molecule has 0 aliphatic heterocycles. The molecule has 0 amide bonds. The summed E-state index contributed by atoms with van der Waals surface area (Å²) in [6.45, 7) is 8.00. The third-order valence-electron chi connectivity index (χ3n) is 7.20. The fourth-order valence-corrected chi connectivity index (χ4v) is 5.23. The van der Waals surface area contributed by atoms with Gasteiger partial charge in [-0.2, -0.15) is 0 Å². The van der Waals surface area contributed by atoms with Gasteiger partial charge < -0.3 is 9.13 Å². The molecule has 0 unspecified atom stereocenters. The van der Waals surface area contributed by atoms with E-state index in [1.807, 2.05) is 64.4 Å². The molecule has 0 spiro atoms. The first-order chi connectivity index (χ1) is 21.7. The highest BCUT2D eigenvalue weighted by Crippen LogP contribution is 2.26. The van der Waals surface area contributed by atoms with E-state index in [2.05, 4.69) is 142 Å². The fraction of sp³-hybridized carbons (Fsp3) is 0.171. The highest BCUT2D eigenvalue weighted by Gasteiger charge is 2.07. The van der Waals surface area contributed by atoms with Gasteiger partial charge in [-0.1, -0.05) is 132 Å². The maximum atomic E-state index is 4.38. The van der Waals surface area contributed by atoms with E-state index in [9.17, 15) is 0 Å².